The minimum Gasteiger partial charge on any atom is -0.326 e. The molecule has 2 rings (SSSR count). The lowest BCUT2D eigenvalue weighted by Crippen LogP contribution is -2.25. The highest BCUT2D eigenvalue weighted by atomic mass is 79.9. The molecule has 4 heteroatoms. The monoisotopic (exact) mass is 341 g/mol. The molecule has 18 heavy (non-hydrogen) atoms. The highest BCUT2D eigenvalue weighted by molar-refractivity contribution is 9.10. The van der Waals surface area contributed by atoms with Gasteiger partial charge in [-0.25, -0.2) is 0 Å². The molecule has 0 saturated heterocycles. The fourth-order valence-electron chi connectivity index (χ4n) is 1.72. The van der Waals surface area contributed by atoms with Gasteiger partial charge in [0.25, 0.3) is 0 Å². The van der Waals surface area contributed by atoms with Crippen molar-refractivity contribution in [3.63, 3.8) is 0 Å². The van der Waals surface area contributed by atoms with Crippen LogP contribution in [0.2, 0.25) is 0 Å². The summed E-state index contributed by atoms with van der Waals surface area (Å²) in [6.07, 6.45) is 0.985. The van der Waals surface area contributed by atoms with E-state index in [0.29, 0.717) is 5.25 Å². The first-order valence-electron chi connectivity index (χ1n) is 5.92. The van der Waals surface area contributed by atoms with Crippen molar-refractivity contribution >= 4 is 39.0 Å². The van der Waals surface area contributed by atoms with Gasteiger partial charge in [0.15, 0.2) is 0 Å². The fraction of sp³-hybridized carbons (Fsp3) is 0.286. The Kier molecular flexibility index (Phi) is 5.30. The normalized spacial score (nSPS) is 14.4. The first-order valence-corrected chi connectivity index (χ1v) is 8.47. The quantitative estimate of drug-likeness (QED) is 0.767. The van der Waals surface area contributed by atoms with Crippen molar-refractivity contribution < 1.29 is 0 Å². The highest BCUT2D eigenvalue weighted by Crippen LogP contribution is 2.40. The first kappa shape index (κ1) is 14.1. The average molecular weight is 342 g/mol. The van der Waals surface area contributed by atoms with Crippen molar-refractivity contribution in [2.45, 2.75) is 28.8 Å². The topological polar surface area (TPSA) is 26.0 Å². The van der Waals surface area contributed by atoms with Crippen molar-refractivity contribution in [1.82, 2.24) is 0 Å². The maximum atomic E-state index is 6.28. The number of nitrogens with two attached hydrogens (primary N) is 1. The van der Waals surface area contributed by atoms with Crippen LogP contribution in [0.3, 0.4) is 0 Å². The molecule has 0 aliphatic carbocycles. The van der Waals surface area contributed by atoms with Crippen LogP contribution < -0.4 is 5.73 Å². The molecule has 2 unspecified atom stereocenters. The Balaban J connectivity index is 2.22. The molecule has 0 radical (unpaired) electrons. The number of thiophene rings is 1. The molecule has 0 fully saturated rings. The Morgan fingerprint density at radius 3 is 2.56 bits per heavy atom. The second-order valence-corrected chi connectivity index (χ2v) is 7.40. The Morgan fingerprint density at radius 1 is 1.28 bits per heavy atom. The summed E-state index contributed by atoms with van der Waals surface area (Å²) in [7, 11) is 0. The zero-order valence-corrected chi connectivity index (χ0v) is 13.4. The highest BCUT2D eigenvalue weighted by Gasteiger charge is 2.20. The van der Waals surface area contributed by atoms with Gasteiger partial charge in [-0.05, 0) is 35.6 Å². The van der Waals surface area contributed by atoms with Crippen molar-refractivity contribution in [3.05, 3.63) is 51.8 Å². The zero-order valence-electron chi connectivity index (χ0n) is 10.2. The van der Waals surface area contributed by atoms with Crippen molar-refractivity contribution in [3.8, 4) is 0 Å². The number of hydrogen-bond donors (Lipinski definition) is 1. The number of hydrogen-bond acceptors (Lipinski definition) is 3. The molecule has 1 aromatic heterocycles. The minimum atomic E-state index is 0.179. The Morgan fingerprint density at radius 2 is 2.00 bits per heavy atom. The molecule has 0 aliphatic heterocycles. The zero-order chi connectivity index (χ0) is 13.0. The van der Waals surface area contributed by atoms with Crippen molar-refractivity contribution in [1.29, 1.82) is 0 Å². The molecule has 2 aromatic rings. The Bertz CT molecular complexity index is 467. The van der Waals surface area contributed by atoms with Gasteiger partial charge in [-0.2, -0.15) is 0 Å². The van der Waals surface area contributed by atoms with E-state index in [4.69, 9.17) is 5.73 Å². The minimum absolute atomic E-state index is 0.179. The lowest BCUT2D eigenvalue weighted by Gasteiger charge is -2.22. The van der Waals surface area contributed by atoms with Gasteiger partial charge in [0.1, 0.15) is 0 Å². The van der Waals surface area contributed by atoms with Gasteiger partial charge in [0, 0.05) is 10.5 Å². The molecule has 96 valence electrons. The van der Waals surface area contributed by atoms with E-state index in [0.717, 1.165) is 10.9 Å². The second kappa shape index (κ2) is 6.75. The number of halogens is 1. The van der Waals surface area contributed by atoms with E-state index in [9.17, 15) is 0 Å². The molecular weight excluding hydrogens is 326 g/mol. The van der Waals surface area contributed by atoms with E-state index in [-0.39, 0.29) is 6.04 Å². The Hall–Kier alpha value is -0.290. The fourth-order valence-corrected chi connectivity index (χ4v) is 4.21. The molecule has 2 N–H and O–H groups in total. The molecule has 1 aromatic carbocycles. The van der Waals surface area contributed by atoms with Crippen molar-refractivity contribution in [2.75, 3.05) is 0 Å². The molecule has 0 spiro atoms. The second-order valence-electron chi connectivity index (χ2n) is 4.09. The van der Waals surface area contributed by atoms with Crippen LogP contribution >= 0.6 is 39.0 Å². The first-order chi connectivity index (χ1) is 8.70. The van der Waals surface area contributed by atoms with Crippen LogP contribution in [-0.2, 0) is 0 Å². The van der Waals surface area contributed by atoms with Crippen LogP contribution in [0, 0.1) is 0 Å². The molecule has 0 amide bonds. The largest absolute Gasteiger partial charge is 0.326 e. The van der Waals surface area contributed by atoms with E-state index in [1.165, 1.54) is 9.77 Å². The third kappa shape index (κ3) is 3.60. The van der Waals surface area contributed by atoms with Crippen LogP contribution in [0.25, 0.3) is 0 Å². The number of thioether (sulfide) groups is 1. The summed E-state index contributed by atoms with van der Waals surface area (Å²) in [5.74, 6) is 0. The average Bonchev–Trinajstić information content (AvgIpc) is 2.89. The molecule has 0 saturated carbocycles. The third-order valence-corrected chi connectivity index (χ3v) is 5.81. The summed E-state index contributed by atoms with van der Waals surface area (Å²) in [6, 6.07) is 12.9. The molecule has 0 bridgehead atoms. The predicted octanol–water partition coefficient (Wildman–Crippen LogP) is 5.08. The van der Waals surface area contributed by atoms with Gasteiger partial charge < -0.3 is 5.73 Å². The Labute approximate surface area is 125 Å². The summed E-state index contributed by atoms with van der Waals surface area (Å²) in [5.41, 5.74) is 7.57. The summed E-state index contributed by atoms with van der Waals surface area (Å²) in [4.78, 5) is 0. The SMILES string of the molecule is CCC(N)C(Sc1cccs1)c1ccc(Br)cc1. The van der Waals surface area contributed by atoms with Gasteiger partial charge in [-0.3, -0.25) is 0 Å². The van der Waals surface area contributed by atoms with Crippen LogP contribution in [-0.4, -0.2) is 6.04 Å². The van der Waals surface area contributed by atoms with Gasteiger partial charge in [-0.15, -0.1) is 23.1 Å². The molecule has 1 nitrogen and oxygen atoms in total. The van der Waals surface area contributed by atoms with E-state index in [2.05, 4.69) is 64.6 Å². The van der Waals surface area contributed by atoms with Gasteiger partial charge >= 0.3 is 0 Å². The van der Waals surface area contributed by atoms with E-state index >= 15 is 0 Å². The van der Waals surface area contributed by atoms with Crippen LogP contribution in [0.5, 0.6) is 0 Å². The summed E-state index contributed by atoms with van der Waals surface area (Å²) < 4.78 is 2.43. The van der Waals surface area contributed by atoms with Crippen molar-refractivity contribution in [2.24, 2.45) is 5.73 Å². The third-order valence-electron chi connectivity index (χ3n) is 2.80. The van der Waals surface area contributed by atoms with Crippen LogP contribution in [0.15, 0.2) is 50.5 Å². The van der Waals surface area contributed by atoms with Gasteiger partial charge in [0.05, 0.1) is 9.46 Å². The van der Waals surface area contributed by atoms with E-state index in [1.807, 2.05) is 11.8 Å². The standard InChI is InChI=1S/C14H16BrNS2/c1-2-12(16)14(18-13-4-3-9-17-13)10-5-7-11(15)8-6-10/h3-9,12,14H,2,16H2,1H3. The molecule has 0 aliphatic rings. The van der Waals surface area contributed by atoms with E-state index in [1.54, 1.807) is 11.3 Å². The smallest absolute Gasteiger partial charge is 0.0605 e. The lowest BCUT2D eigenvalue weighted by atomic mass is 10.0. The predicted molar refractivity (Wildman–Crippen MR) is 85.3 cm³/mol. The summed E-state index contributed by atoms with van der Waals surface area (Å²) in [6.45, 7) is 2.14. The number of rotatable bonds is 5. The summed E-state index contributed by atoms with van der Waals surface area (Å²) >= 11 is 7.11. The van der Waals surface area contributed by atoms with E-state index < -0.39 is 0 Å². The molecule has 2 atom stereocenters. The summed E-state index contributed by atoms with van der Waals surface area (Å²) in [5, 5.41) is 2.43. The maximum Gasteiger partial charge on any atom is 0.0605 e. The molecular formula is C14H16BrNS2. The maximum absolute atomic E-state index is 6.28. The van der Waals surface area contributed by atoms with Gasteiger partial charge in [-0.1, -0.05) is 41.1 Å². The van der Waals surface area contributed by atoms with Crippen LogP contribution in [0.1, 0.15) is 24.2 Å². The van der Waals surface area contributed by atoms with Gasteiger partial charge in [0.2, 0.25) is 0 Å². The molecule has 1 heterocycles. The van der Waals surface area contributed by atoms with Crippen LogP contribution in [0.4, 0.5) is 0 Å². The number of benzene rings is 1. The lowest BCUT2D eigenvalue weighted by molar-refractivity contribution is 0.634.